The molecule has 114 valence electrons. The number of piperazine rings is 1. The first kappa shape index (κ1) is 14.9. The Morgan fingerprint density at radius 1 is 1.05 bits per heavy atom. The molecule has 1 heterocycles. The predicted octanol–water partition coefficient (Wildman–Crippen LogP) is 3.70. The van der Waals surface area contributed by atoms with Gasteiger partial charge in [-0.05, 0) is 36.4 Å². The molecule has 22 heavy (non-hydrogen) atoms. The average Bonchev–Trinajstić information content (AvgIpc) is 2.57. The molecule has 5 heteroatoms. The largest absolute Gasteiger partial charge is 0.455 e. The molecule has 2 aromatic rings. The highest BCUT2D eigenvalue weighted by Gasteiger charge is 2.07. The van der Waals surface area contributed by atoms with Crippen molar-refractivity contribution in [2.24, 2.45) is 4.99 Å². The zero-order valence-corrected chi connectivity index (χ0v) is 13.0. The number of rotatable bonds is 4. The second-order valence-corrected chi connectivity index (χ2v) is 5.49. The Kier molecular flexibility index (Phi) is 4.93. The summed E-state index contributed by atoms with van der Waals surface area (Å²) in [6.45, 7) is 3.94. The Balaban J connectivity index is 1.74. The summed E-state index contributed by atoms with van der Waals surface area (Å²) in [5.74, 6) is 1.48. The average molecular weight is 316 g/mol. The molecule has 0 aliphatic carbocycles. The van der Waals surface area contributed by atoms with Crippen LogP contribution in [0.4, 0.5) is 5.69 Å². The lowest BCUT2D eigenvalue weighted by Gasteiger charge is -2.24. The molecule has 1 saturated heterocycles. The molecule has 0 amide bonds. The molecule has 0 saturated carbocycles. The highest BCUT2D eigenvalue weighted by atomic mass is 35.5. The molecule has 1 aliphatic heterocycles. The second-order valence-electron chi connectivity index (χ2n) is 5.05. The van der Waals surface area contributed by atoms with Crippen LogP contribution >= 0.6 is 11.6 Å². The third-order valence-corrected chi connectivity index (χ3v) is 3.67. The Morgan fingerprint density at radius 3 is 2.55 bits per heavy atom. The van der Waals surface area contributed by atoms with Crippen LogP contribution < -0.4 is 10.1 Å². The van der Waals surface area contributed by atoms with E-state index in [1.54, 1.807) is 0 Å². The van der Waals surface area contributed by atoms with Gasteiger partial charge in [0.15, 0.2) is 5.75 Å². The minimum atomic E-state index is 0.692. The Morgan fingerprint density at radius 2 is 1.77 bits per heavy atom. The number of nitrogens with zero attached hydrogens (tertiary/aromatic N) is 2. The monoisotopic (exact) mass is 315 g/mol. The maximum atomic E-state index is 5.90. The minimum Gasteiger partial charge on any atom is -0.455 e. The van der Waals surface area contributed by atoms with E-state index < -0.39 is 0 Å². The van der Waals surface area contributed by atoms with Crippen molar-refractivity contribution < 1.29 is 4.74 Å². The van der Waals surface area contributed by atoms with Gasteiger partial charge in [0, 0.05) is 31.2 Å². The molecule has 2 aromatic carbocycles. The number of hydrogen-bond acceptors (Lipinski definition) is 3. The second kappa shape index (κ2) is 7.29. The van der Waals surface area contributed by atoms with Crippen LogP contribution in [0.3, 0.4) is 0 Å². The van der Waals surface area contributed by atoms with Gasteiger partial charge in [0.25, 0.3) is 0 Å². The molecule has 3 rings (SSSR count). The molecule has 4 nitrogen and oxygen atoms in total. The van der Waals surface area contributed by atoms with E-state index in [9.17, 15) is 0 Å². The summed E-state index contributed by atoms with van der Waals surface area (Å²) in [5.41, 5.74) is 0.816. The van der Waals surface area contributed by atoms with Crippen molar-refractivity contribution in [2.45, 2.75) is 0 Å². The SMILES string of the molecule is Clc1ccc(Oc2ccccc2N=CN2CCNCC2)cc1. The summed E-state index contributed by atoms with van der Waals surface area (Å²) in [6, 6.07) is 15.1. The lowest BCUT2D eigenvalue weighted by atomic mass is 10.3. The van der Waals surface area contributed by atoms with Gasteiger partial charge in [0.2, 0.25) is 0 Å². The van der Waals surface area contributed by atoms with E-state index >= 15 is 0 Å². The Labute approximate surface area is 135 Å². The number of benzene rings is 2. The van der Waals surface area contributed by atoms with Gasteiger partial charge < -0.3 is 15.0 Å². The van der Waals surface area contributed by atoms with E-state index in [4.69, 9.17) is 16.3 Å². The van der Waals surface area contributed by atoms with E-state index in [1.807, 2.05) is 54.9 Å². The van der Waals surface area contributed by atoms with Crippen LogP contribution in [0.15, 0.2) is 53.5 Å². The Bertz CT molecular complexity index is 637. The third-order valence-electron chi connectivity index (χ3n) is 3.42. The first-order valence-corrected chi connectivity index (χ1v) is 7.70. The maximum Gasteiger partial charge on any atom is 0.153 e. The van der Waals surface area contributed by atoms with Gasteiger partial charge in [-0.2, -0.15) is 0 Å². The number of nitrogens with one attached hydrogen (secondary N) is 1. The molecular formula is C17H18ClN3O. The third kappa shape index (κ3) is 4.00. The van der Waals surface area contributed by atoms with Gasteiger partial charge in [0.05, 0.1) is 6.34 Å². The highest BCUT2D eigenvalue weighted by molar-refractivity contribution is 6.30. The molecule has 1 aliphatic rings. The van der Waals surface area contributed by atoms with Crippen LogP contribution in [0.25, 0.3) is 0 Å². The Hall–Kier alpha value is -2.04. The van der Waals surface area contributed by atoms with Gasteiger partial charge in [0.1, 0.15) is 11.4 Å². The van der Waals surface area contributed by atoms with Gasteiger partial charge in [-0.15, -0.1) is 0 Å². The fraction of sp³-hybridized carbons (Fsp3) is 0.235. The number of para-hydroxylation sites is 2. The number of ether oxygens (including phenoxy) is 1. The van der Waals surface area contributed by atoms with Crippen molar-refractivity contribution in [3.8, 4) is 11.5 Å². The first-order valence-electron chi connectivity index (χ1n) is 7.33. The van der Waals surface area contributed by atoms with Crippen molar-refractivity contribution in [1.82, 2.24) is 10.2 Å². The van der Waals surface area contributed by atoms with E-state index in [2.05, 4.69) is 15.2 Å². The molecule has 0 aromatic heterocycles. The summed E-state index contributed by atoms with van der Waals surface area (Å²) >= 11 is 5.89. The predicted molar refractivity (Wildman–Crippen MR) is 90.6 cm³/mol. The summed E-state index contributed by atoms with van der Waals surface area (Å²) in [7, 11) is 0. The van der Waals surface area contributed by atoms with Crippen molar-refractivity contribution in [1.29, 1.82) is 0 Å². The molecule has 0 atom stereocenters. The highest BCUT2D eigenvalue weighted by Crippen LogP contribution is 2.31. The van der Waals surface area contributed by atoms with Crippen LogP contribution in [-0.4, -0.2) is 37.4 Å². The van der Waals surface area contributed by atoms with Gasteiger partial charge in [-0.1, -0.05) is 23.7 Å². The lowest BCUT2D eigenvalue weighted by molar-refractivity contribution is 0.366. The molecule has 0 unspecified atom stereocenters. The van der Waals surface area contributed by atoms with E-state index in [-0.39, 0.29) is 0 Å². The fourth-order valence-electron chi connectivity index (χ4n) is 2.22. The summed E-state index contributed by atoms with van der Waals surface area (Å²) < 4.78 is 5.90. The summed E-state index contributed by atoms with van der Waals surface area (Å²) in [5, 5.41) is 4.01. The van der Waals surface area contributed by atoms with E-state index in [0.717, 1.165) is 43.4 Å². The van der Waals surface area contributed by atoms with Crippen molar-refractivity contribution in [2.75, 3.05) is 26.2 Å². The quantitative estimate of drug-likeness (QED) is 0.690. The molecule has 0 spiro atoms. The zero-order chi connectivity index (χ0) is 15.2. The number of hydrogen-bond donors (Lipinski definition) is 1. The van der Waals surface area contributed by atoms with E-state index in [0.29, 0.717) is 5.02 Å². The smallest absolute Gasteiger partial charge is 0.153 e. The number of aliphatic imine (C=N–C) groups is 1. The maximum absolute atomic E-state index is 5.90. The molecular weight excluding hydrogens is 298 g/mol. The molecule has 1 N–H and O–H groups in total. The minimum absolute atomic E-state index is 0.692. The summed E-state index contributed by atoms with van der Waals surface area (Å²) in [6.07, 6.45) is 1.89. The first-order chi connectivity index (χ1) is 10.8. The van der Waals surface area contributed by atoms with Crippen LogP contribution in [0.2, 0.25) is 5.02 Å². The van der Waals surface area contributed by atoms with Gasteiger partial charge in [-0.25, -0.2) is 4.99 Å². The van der Waals surface area contributed by atoms with Gasteiger partial charge in [-0.3, -0.25) is 0 Å². The molecule has 0 radical (unpaired) electrons. The zero-order valence-electron chi connectivity index (χ0n) is 12.2. The topological polar surface area (TPSA) is 36.9 Å². The van der Waals surface area contributed by atoms with E-state index in [1.165, 1.54) is 0 Å². The standard InChI is InChI=1S/C17H18ClN3O/c18-14-5-7-15(8-6-14)22-17-4-2-1-3-16(17)20-13-21-11-9-19-10-12-21/h1-8,13,19H,9-12H2. The van der Waals surface area contributed by atoms with Crippen LogP contribution in [-0.2, 0) is 0 Å². The lowest BCUT2D eigenvalue weighted by Crippen LogP contribution is -2.42. The normalized spacial score (nSPS) is 15.2. The van der Waals surface area contributed by atoms with Crippen molar-refractivity contribution in [3.05, 3.63) is 53.6 Å². The van der Waals surface area contributed by atoms with Gasteiger partial charge >= 0.3 is 0 Å². The summed E-state index contributed by atoms with van der Waals surface area (Å²) in [4.78, 5) is 6.77. The van der Waals surface area contributed by atoms with Crippen LogP contribution in [0.1, 0.15) is 0 Å². The fourth-order valence-corrected chi connectivity index (χ4v) is 2.35. The molecule has 0 bridgehead atoms. The molecule has 1 fully saturated rings. The van der Waals surface area contributed by atoms with Crippen molar-refractivity contribution in [3.63, 3.8) is 0 Å². The number of halogens is 1. The van der Waals surface area contributed by atoms with Crippen molar-refractivity contribution >= 4 is 23.6 Å². The van der Waals surface area contributed by atoms with Crippen LogP contribution in [0, 0.1) is 0 Å². The van der Waals surface area contributed by atoms with Crippen LogP contribution in [0.5, 0.6) is 11.5 Å².